The Morgan fingerprint density at radius 2 is 2.42 bits per heavy atom. The summed E-state index contributed by atoms with van der Waals surface area (Å²) < 4.78 is 10.4. The van der Waals surface area contributed by atoms with E-state index in [4.69, 9.17) is 15.2 Å². The molecule has 1 fully saturated rings. The summed E-state index contributed by atoms with van der Waals surface area (Å²) in [7, 11) is 0. The molecule has 1 aromatic rings. The number of fused-ring (bicyclic) bond motifs is 4. The first kappa shape index (κ1) is 12.3. The number of amides is 1. The van der Waals surface area contributed by atoms with Crippen LogP contribution in [0.5, 0.6) is 0 Å². The van der Waals surface area contributed by atoms with Crippen molar-refractivity contribution in [2.45, 2.75) is 31.3 Å². The number of nitrogens with one attached hydrogen (secondary N) is 1. The third-order valence-corrected chi connectivity index (χ3v) is 3.59. The van der Waals surface area contributed by atoms with Gasteiger partial charge in [0.2, 0.25) is 0 Å². The zero-order valence-corrected chi connectivity index (χ0v) is 10.3. The van der Waals surface area contributed by atoms with Crippen molar-refractivity contribution in [2.24, 2.45) is 5.73 Å². The number of aliphatic hydroxyl groups excluding tert-OH is 1. The topological polar surface area (TPSA) is 93.8 Å². The van der Waals surface area contributed by atoms with E-state index in [0.717, 1.165) is 23.2 Å². The van der Waals surface area contributed by atoms with Gasteiger partial charge < -0.3 is 25.6 Å². The number of carbonyl (C=O) groups excluding carboxylic acids is 1. The summed E-state index contributed by atoms with van der Waals surface area (Å²) in [6, 6.07) is 5.76. The number of anilines is 1. The van der Waals surface area contributed by atoms with E-state index in [1.54, 1.807) is 0 Å². The molecule has 6 heteroatoms. The third kappa shape index (κ3) is 2.36. The van der Waals surface area contributed by atoms with Gasteiger partial charge in [0.05, 0.1) is 24.9 Å². The van der Waals surface area contributed by atoms with E-state index < -0.39 is 12.2 Å². The summed E-state index contributed by atoms with van der Waals surface area (Å²) in [5, 5.41) is 13.1. The van der Waals surface area contributed by atoms with Crippen molar-refractivity contribution < 1.29 is 19.4 Å². The van der Waals surface area contributed by atoms with Gasteiger partial charge in [-0.2, -0.15) is 0 Å². The van der Waals surface area contributed by atoms with Crippen LogP contribution in [0, 0.1) is 0 Å². The first-order chi connectivity index (χ1) is 9.13. The Morgan fingerprint density at radius 3 is 3.21 bits per heavy atom. The standard InChI is InChI=1S/C13H16N2O4/c14-13(17)19-5-7-1-2-9-8(3-7)12-4-10(15-9)11(16)6-18-12/h1-3,10-12,15-16H,4-6H2,(H2,14,17)/t10-,11-,12-/m1/s1. The molecule has 1 amide bonds. The monoisotopic (exact) mass is 264 g/mol. The van der Waals surface area contributed by atoms with Gasteiger partial charge in [0.25, 0.3) is 0 Å². The first-order valence-electron chi connectivity index (χ1n) is 6.25. The molecule has 2 aliphatic heterocycles. The highest BCUT2D eigenvalue weighted by Gasteiger charge is 2.36. The van der Waals surface area contributed by atoms with E-state index in [-0.39, 0.29) is 18.8 Å². The molecule has 0 aliphatic carbocycles. The molecule has 2 heterocycles. The Morgan fingerprint density at radius 1 is 1.58 bits per heavy atom. The average Bonchev–Trinajstić information content (AvgIpc) is 2.41. The van der Waals surface area contributed by atoms with Crippen LogP contribution in [-0.2, 0) is 16.1 Å². The fraction of sp³-hybridized carbons (Fsp3) is 0.462. The van der Waals surface area contributed by atoms with Crippen molar-refractivity contribution in [3.8, 4) is 0 Å². The zero-order chi connectivity index (χ0) is 13.4. The maximum Gasteiger partial charge on any atom is 0.404 e. The second-order valence-electron chi connectivity index (χ2n) is 4.91. The van der Waals surface area contributed by atoms with E-state index in [1.807, 2.05) is 18.2 Å². The fourth-order valence-electron chi connectivity index (χ4n) is 2.61. The molecule has 3 rings (SSSR count). The van der Waals surface area contributed by atoms with Gasteiger partial charge in [-0.25, -0.2) is 4.79 Å². The Labute approximate surface area is 110 Å². The number of hydrogen-bond donors (Lipinski definition) is 3. The van der Waals surface area contributed by atoms with Crippen molar-refractivity contribution in [1.29, 1.82) is 0 Å². The summed E-state index contributed by atoms with van der Waals surface area (Å²) in [6.07, 6.45) is -0.526. The highest BCUT2D eigenvalue weighted by Crippen LogP contribution is 2.39. The smallest absolute Gasteiger partial charge is 0.404 e. The minimum absolute atomic E-state index is 0.0156. The molecule has 19 heavy (non-hydrogen) atoms. The number of aliphatic hydroxyl groups is 1. The van der Waals surface area contributed by atoms with Crippen LogP contribution in [0.2, 0.25) is 0 Å². The molecule has 0 aromatic heterocycles. The quantitative estimate of drug-likeness (QED) is 0.737. The Balaban J connectivity index is 1.83. The lowest BCUT2D eigenvalue weighted by Gasteiger charge is -2.40. The van der Waals surface area contributed by atoms with Gasteiger partial charge in [-0.3, -0.25) is 0 Å². The van der Waals surface area contributed by atoms with Crippen LogP contribution in [0.4, 0.5) is 10.5 Å². The second kappa shape index (κ2) is 4.71. The number of nitrogens with two attached hydrogens (primary N) is 1. The molecule has 0 saturated carbocycles. The first-order valence-corrected chi connectivity index (χ1v) is 6.25. The van der Waals surface area contributed by atoms with Gasteiger partial charge >= 0.3 is 6.09 Å². The Hall–Kier alpha value is -1.79. The predicted molar refractivity (Wildman–Crippen MR) is 67.5 cm³/mol. The molecule has 0 radical (unpaired) electrons. The third-order valence-electron chi connectivity index (χ3n) is 3.59. The summed E-state index contributed by atoms with van der Waals surface area (Å²) in [6.45, 7) is 0.491. The maximum absolute atomic E-state index is 10.6. The van der Waals surface area contributed by atoms with Crippen LogP contribution < -0.4 is 11.1 Å². The molecule has 0 unspecified atom stereocenters. The van der Waals surface area contributed by atoms with Crippen molar-refractivity contribution >= 4 is 11.8 Å². The lowest BCUT2D eigenvalue weighted by Crippen LogP contribution is -2.45. The minimum Gasteiger partial charge on any atom is -0.445 e. The van der Waals surface area contributed by atoms with Crippen molar-refractivity contribution in [3.05, 3.63) is 29.3 Å². The van der Waals surface area contributed by atoms with Gasteiger partial charge in [-0.05, 0) is 17.7 Å². The fourth-order valence-corrected chi connectivity index (χ4v) is 2.61. The number of primary amides is 1. The lowest BCUT2D eigenvalue weighted by molar-refractivity contribution is -0.0672. The molecule has 6 nitrogen and oxygen atoms in total. The van der Waals surface area contributed by atoms with E-state index in [9.17, 15) is 9.90 Å². The molecule has 2 aliphatic rings. The lowest BCUT2D eigenvalue weighted by atomic mass is 9.89. The summed E-state index contributed by atoms with van der Waals surface area (Å²) >= 11 is 0. The molecular formula is C13H16N2O4. The number of benzene rings is 1. The van der Waals surface area contributed by atoms with Crippen LogP contribution in [0.3, 0.4) is 0 Å². The van der Waals surface area contributed by atoms with Crippen LogP contribution in [0.15, 0.2) is 18.2 Å². The van der Waals surface area contributed by atoms with Gasteiger partial charge in [-0.15, -0.1) is 0 Å². The molecule has 0 spiro atoms. The Bertz CT molecular complexity index is 505. The predicted octanol–water partition coefficient (Wildman–Crippen LogP) is 0.898. The van der Waals surface area contributed by atoms with E-state index in [0.29, 0.717) is 6.61 Å². The van der Waals surface area contributed by atoms with Crippen molar-refractivity contribution in [3.63, 3.8) is 0 Å². The van der Waals surface area contributed by atoms with Crippen LogP contribution in [0.1, 0.15) is 23.7 Å². The van der Waals surface area contributed by atoms with E-state index in [2.05, 4.69) is 5.32 Å². The summed E-state index contributed by atoms with van der Waals surface area (Å²) in [4.78, 5) is 10.6. The largest absolute Gasteiger partial charge is 0.445 e. The minimum atomic E-state index is -0.784. The number of ether oxygens (including phenoxy) is 2. The Kier molecular flexibility index (Phi) is 3.04. The van der Waals surface area contributed by atoms with Crippen molar-refractivity contribution in [1.82, 2.24) is 0 Å². The number of carbonyl (C=O) groups is 1. The molecule has 1 aromatic carbocycles. The van der Waals surface area contributed by atoms with E-state index in [1.165, 1.54) is 0 Å². The van der Waals surface area contributed by atoms with Crippen LogP contribution in [0.25, 0.3) is 0 Å². The zero-order valence-electron chi connectivity index (χ0n) is 10.3. The normalized spacial score (nSPS) is 28.2. The highest BCUT2D eigenvalue weighted by molar-refractivity contribution is 5.64. The molecule has 1 saturated heterocycles. The average molecular weight is 264 g/mol. The van der Waals surface area contributed by atoms with E-state index >= 15 is 0 Å². The molecule has 4 N–H and O–H groups in total. The van der Waals surface area contributed by atoms with Crippen LogP contribution >= 0.6 is 0 Å². The second-order valence-corrected chi connectivity index (χ2v) is 4.91. The molecular weight excluding hydrogens is 248 g/mol. The molecule has 3 atom stereocenters. The van der Waals surface area contributed by atoms with Gasteiger partial charge in [0, 0.05) is 17.7 Å². The number of rotatable bonds is 2. The summed E-state index contributed by atoms with van der Waals surface area (Å²) in [5.41, 5.74) is 7.81. The molecule has 102 valence electrons. The molecule has 2 bridgehead atoms. The maximum atomic E-state index is 10.6. The van der Waals surface area contributed by atoms with Crippen LogP contribution in [-0.4, -0.2) is 30.0 Å². The number of hydrogen-bond acceptors (Lipinski definition) is 5. The highest BCUT2D eigenvalue weighted by atomic mass is 16.5. The van der Waals surface area contributed by atoms with Crippen molar-refractivity contribution in [2.75, 3.05) is 11.9 Å². The summed E-state index contributed by atoms with van der Waals surface area (Å²) in [5.74, 6) is 0. The van der Waals surface area contributed by atoms with Gasteiger partial charge in [0.1, 0.15) is 6.61 Å². The SMILES string of the molecule is NC(=O)OCc1ccc2c(c1)[C@H]1C[C@@H](N2)[C@H](O)CO1. The van der Waals surface area contributed by atoms with Gasteiger partial charge in [-0.1, -0.05) is 6.07 Å². The van der Waals surface area contributed by atoms with Gasteiger partial charge in [0.15, 0.2) is 0 Å².